The molecule has 1 saturated heterocycles. The Morgan fingerprint density at radius 2 is 2.15 bits per heavy atom. The van der Waals surface area contributed by atoms with E-state index in [4.69, 9.17) is 11.6 Å². The summed E-state index contributed by atoms with van der Waals surface area (Å²) >= 11 is 5.79. The fourth-order valence-corrected chi connectivity index (χ4v) is 2.80. The predicted octanol–water partition coefficient (Wildman–Crippen LogP) is 2.89. The SMILES string of the molecule is CN1CCC(CCNC(=O)c2cccc(CCl)c2)CC1. The summed E-state index contributed by atoms with van der Waals surface area (Å²) in [4.78, 5) is 14.4. The van der Waals surface area contributed by atoms with Crippen LogP contribution in [0.15, 0.2) is 24.3 Å². The average Bonchev–Trinajstić information content (AvgIpc) is 2.49. The number of carbonyl (C=O) groups excluding carboxylic acids is 1. The number of hydrogen-bond acceptors (Lipinski definition) is 2. The summed E-state index contributed by atoms with van der Waals surface area (Å²) in [5, 5.41) is 3.01. The summed E-state index contributed by atoms with van der Waals surface area (Å²) in [5.74, 6) is 1.20. The topological polar surface area (TPSA) is 32.3 Å². The molecule has 1 heterocycles. The summed E-state index contributed by atoms with van der Waals surface area (Å²) in [7, 11) is 2.17. The molecule has 2 rings (SSSR count). The van der Waals surface area contributed by atoms with Gasteiger partial charge in [0.15, 0.2) is 0 Å². The van der Waals surface area contributed by atoms with Gasteiger partial charge in [-0.1, -0.05) is 12.1 Å². The smallest absolute Gasteiger partial charge is 0.251 e. The molecule has 0 aliphatic carbocycles. The number of rotatable bonds is 5. The average molecular weight is 295 g/mol. The number of nitrogens with zero attached hydrogens (tertiary/aromatic N) is 1. The van der Waals surface area contributed by atoms with Crippen LogP contribution in [-0.4, -0.2) is 37.5 Å². The molecule has 4 heteroatoms. The zero-order chi connectivity index (χ0) is 14.4. The number of piperidine rings is 1. The Morgan fingerprint density at radius 3 is 2.85 bits per heavy atom. The molecule has 110 valence electrons. The zero-order valence-electron chi connectivity index (χ0n) is 12.1. The molecule has 20 heavy (non-hydrogen) atoms. The molecule has 0 unspecified atom stereocenters. The highest BCUT2D eigenvalue weighted by Gasteiger charge is 2.16. The van der Waals surface area contributed by atoms with Crippen molar-refractivity contribution in [3.8, 4) is 0 Å². The van der Waals surface area contributed by atoms with Crippen LogP contribution in [0.25, 0.3) is 0 Å². The third-order valence-corrected chi connectivity index (χ3v) is 4.33. The highest BCUT2D eigenvalue weighted by atomic mass is 35.5. The Bertz CT molecular complexity index is 442. The Labute approximate surface area is 126 Å². The van der Waals surface area contributed by atoms with Gasteiger partial charge in [-0.15, -0.1) is 11.6 Å². The van der Waals surface area contributed by atoms with Crippen LogP contribution in [0.2, 0.25) is 0 Å². The third-order valence-electron chi connectivity index (χ3n) is 4.02. The van der Waals surface area contributed by atoms with Crippen LogP contribution in [0.5, 0.6) is 0 Å². The molecule has 1 aromatic carbocycles. The van der Waals surface area contributed by atoms with Crippen LogP contribution < -0.4 is 5.32 Å². The van der Waals surface area contributed by atoms with Crippen LogP contribution in [0.1, 0.15) is 35.2 Å². The van der Waals surface area contributed by atoms with Crippen molar-refractivity contribution >= 4 is 17.5 Å². The molecule has 0 radical (unpaired) electrons. The number of carbonyl (C=O) groups is 1. The summed E-state index contributed by atoms with van der Waals surface area (Å²) in [6.07, 6.45) is 3.57. The monoisotopic (exact) mass is 294 g/mol. The first-order chi connectivity index (χ1) is 9.69. The Morgan fingerprint density at radius 1 is 1.40 bits per heavy atom. The van der Waals surface area contributed by atoms with Gasteiger partial charge in [-0.3, -0.25) is 4.79 Å². The molecule has 1 aliphatic heterocycles. The van der Waals surface area contributed by atoms with Crippen molar-refractivity contribution in [2.75, 3.05) is 26.7 Å². The lowest BCUT2D eigenvalue weighted by Crippen LogP contribution is -2.32. The summed E-state index contributed by atoms with van der Waals surface area (Å²) in [5.41, 5.74) is 1.68. The van der Waals surface area contributed by atoms with Crippen LogP contribution >= 0.6 is 11.6 Å². The van der Waals surface area contributed by atoms with Crippen molar-refractivity contribution in [3.05, 3.63) is 35.4 Å². The fraction of sp³-hybridized carbons (Fsp3) is 0.562. The normalized spacial score (nSPS) is 17.1. The van der Waals surface area contributed by atoms with Gasteiger partial charge in [0.05, 0.1) is 0 Å². The van der Waals surface area contributed by atoms with E-state index < -0.39 is 0 Å². The van der Waals surface area contributed by atoms with Crippen molar-refractivity contribution in [1.29, 1.82) is 0 Å². The minimum Gasteiger partial charge on any atom is -0.352 e. The standard InChI is InChI=1S/C16H23ClN2O/c1-19-9-6-13(7-10-19)5-8-18-16(20)15-4-2-3-14(11-15)12-17/h2-4,11,13H,5-10,12H2,1H3,(H,18,20). The van der Waals surface area contributed by atoms with Crippen LogP contribution in [-0.2, 0) is 5.88 Å². The van der Waals surface area contributed by atoms with Crippen LogP contribution in [0.3, 0.4) is 0 Å². The molecule has 0 atom stereocenters. The lowest BCUT2D eigenvalue weighted by atomic mass is 9.94. The Kier molecular flexibility index (Phi) is 5.86. The van der Waals surface area contributed by atoms with Gasteiger partial charge in [0.1, 0.15) is 0 Å². The van der Waals surface area contributed by atoms with Gasteiger partial charge in [0.2, 0.25) is 0 Å². The van der Waals surface area contributed by atoms with Gasteiger partial charge in [-0.2, -0.15) is 0 Å². The van der Waals surface area contributed by atoms with E-state index in [1.807, 2.05) is 24.3 Å². The second-order valence-electron chi connectivity index (χ2n) is 5.63. The quantitative estimate of drug-likeness (QED) is 0.847. The first-order valence-electron chi connectivity index (χ1n) is 7.30. The molecular weight excluding hydrogens is 272 g/mol. The maximum atomic E-state index is 12.0. The molecule has 0 saturated carbocycles. The summed E-state index contributed by atoms with van der Waals surface area (Å²) in [6, 6.07) is 7.50. The number of likely N-dealkylation sites (tertiary alicyclic amines) is 1. The predicted molar refractivity (Wildman–Crippen MR) is 83.2 cm³/mol. The van der Waals surface area contributed by atoms with Gasteiger partial charge < -0.3 is 10.2 Å². The number of benzene rings is 1. The van der Waals surface area contributed by atoms with Crippen molar-refractivity contribution in [2.45, 2.75) is 25.1 Å². The van der Waals surface area contributed by atoms with Gasteiger partial charge in [-0.05, 0) is 63.0 Å². The van der Waals surface area contributed by atoms with Crippen molar-refractivity contribution in [1.82, 2.24) is 10.2 Å². The van der Waals surface area contributed by atoms with Gasteiger partial charge >= 0.3 is 0 Å². The highest BCUT2D eigenvalue weighted by molar-refractivity contribution is 6.17. The zero-order valence-corrected chi connectivity index (χ0v) is 12.8. The van der Waals surface area contributed by atoms with E-state index >= 15 is 0 Å². The molecule has 0 aromatic heterocycles. The van der Waals surface area contributed by atoms with Crippen molar-refractivity contribution in [2.24, 2.45) is 5.92 Å². The first kappa shape index (κ1) is 15.3. The number of halogens is 1. The van der Waals surface area contributed by atoms with E-state index in [9.17, 15) is 4.79 Å². The molecule has 0 bridgehead atoms. The van der Waals surface area contributed by atoms with Crippen LogP contribution in [0, 0.1) is 5.92 Å². The maximum absolute atomic E-state index is 12.0. The number of nitrogens with one attached hydrogen (secondary N) is 1. The fourth-order valence-electron chi connectivity index (χ4n) is 2.64. The van der Waals surface area contributed by atoms with E-state index in [1.54, 1.807) is 0 Å². The summed E-state index contributed by atoms with van der Waals surface area (Å²) in [6.45, 7) is 3.12. The molecular formula is C16H23ClN2O. The lowest BCUT2D eigenvalue weighted by Gasteiger charge is -2.28. The molecule has 1 aromatic rings. The molecule has 1 aliphatic rings. The Hall–Kier alpha value is -1.06. The minimum atomic E-state index is 0.00453. The number of hydrogen-bond donors (Lipinski definition) is 1. The van der Waals surface area contributed by atoms with Crippen molar-refractivity contribution < 1.29 is 4.79 Å². The van der Waals surface area contributed by atoms with E-state index in [1.165, 1.54) is 25.9 Å². The number of amides is 1. The van der Waals surface area contributed by atoms with Crippen LogP contribution in [0.4, 0.5) is 0 Å². The van der Waals surface area contributed by atoms with E-state index in [0.29, 0.717) is 11.4 Å². The highest BCUT2D eigenvalue weighted by Crippen LogP contribution is 2.18. The van der Waals surface area contributed by atoms with Crippen molar-refractivity contribution in [3.63, 3.8) is 0 Å². The maximum Gasteiger partial charge on any atom is 0.251 e. The van der Waals surface area contributed by atoms with E-state index in [-0.39, 0.29) is 5.91 Å². The minimum absolute atomic E-state index is 0.00453. The lowest BCUT2D eigenvalue weighted by molar-refractivity contribution is 0.0949. The van der Waals surface area contributed by atoms with E-state index in [0.717, 1.165) is 24.4 Å². The molecule has 1 fully saturated rings. The van der Waals surface area contributed by atoms with Gasteiger partial charge in [-0.25, -0.2) is 0 Å². The molecule has 0 spiro atoms. The number of alkyl halides is 1. The largest absolute Gasteiger partial charge is 0.352 e. The molecule has 3 nitrogen and oxygen atoms in total. The second kappa shape index (κ2) is 7.65. The Balaban J connectivity index is 1.74. The summed E-state index contributed by atoms with van der Waals surface area (Å²) < 4.78 is 0. The third kappa shape index (κ3) is 4.50. The first-order valence-corrected chi connectivity index (χ1v) is 7.84. The van der Waals surface area contributed by atoms with E-state index in [2.05, 4.69) is 17.3 Å². The van der Waals surface area contributed by atoms with Gasteiger partial charge in [0, 0.05) is 18.0 Å². The van der Waals surface area contributed by atoms with Gasteiger partial charge in [0.25, 0.3) is 5.91 Å². The molecule has 1 N–H and O–H groups in total. The second-order valence-corrected chi connectivity index (χ2v) is 5.89. The molecule has 1 amide bonds.